The molecule has 1 aliphatic heterocycles. The van der Waals surface area contributed by atoms with E-state index >= 15 is 0 Å². The Kier molecular flexibility index (Phi) is 10.9. The van der Waals surface area contributed by atoms with Crippen LogP contribution in [0.15, 0.2) is 53.5 Å². The molecule has 0 bridgehead atoms. The zero-order chi connectivity index (χ0) is 23.0. The average Bonchev–Trinajstić information content (AvgIpc) is 2.80. The number of nitrogens with one attached hydrogen (secondary N) is 2. The molecule has 3 rings (SSSR count). The monoisotopic (exact) mass is 577 g/mol. The van der Waals surface area contributed by atoms with Crippen LogP contribution in [-0.2, 0) is 28.8 Å². The average molecular weight is 577 g/mol. The minimum atomic E-state index is -4.37. The van der Waals surface area contributed by atoms with E-state index in [1.54, 1.807) is 20.0 Å². The molecule has 2 N–H and O–H groups in total. The molecule has 0 spiro atoms. The van der Waals surface area contributed by atoms with Crippen molar-refractivity contribution in [3.8, 4) is 0 Å². The van der Waals surface area contributed by atoms with Gasteiger partial charge in [-0.15, -0.1) is 24.0 Å². The minimum absolute atomic E-state index is 0. The number of alkyl halides is 3. The highest BCUT2D eigenvalue weighted by Crippen LogP contribution is 2.30. The van der Waals surface area contributed by atoms with Gasteiger partial charge in [-0.25, -0.2) is 0 Å². The van der Waals surface area contributed by atoms with Crippen LogP contribution in [0.2, 0.25) is 0 Å². The number of hydrogen-bond donors (Lipinski definition) is 2. The van der Waals surface area contributed by atoms with Crippen molar-refractivity contribution in [3.63, 3.8) is 0 Å². The summed E-state index contributed by atoms with van der Waals surface area (Å²) in [5, 5.41) is 6.37. The molecule has 1 heterocycles. The third kappa shape index (κ3) is 8.78. The second-order valence-corrected chi connectivity index (χ2v) is 7.86. The Balaban J connectivity index is 0.00000385. The molecular formula is C24H31F3IN3O2. The van der Waals surface area contributed by atoms with Gasteiger partial charge in [-0.05, 0) is 48.6 Å². The van der Waals surface area contributed by atoms with Gasteiger partial charge in [0.05, 0.1) is 24.3 Å². The lowest BCUT2D eigenvalue weighted by Crippen LogP contribution is -2.38. The second-order valence-electron chi connectivity index (χ2n) is 7.86. The summed E-state index contributed by atoms with van der Waals surface area (Å²) in [7, 11) is 1.63. The van der Waals surface area contributed by atoms with Gasteiger partial charge in [0.25, 0.3) is 0 Å². The molecule has 1 saturated heterocycles. The molecule has 1 unspecified atom stereocenters. The lowest BCUT2D eigenvalue weighted by atomic mass is 10.1. The molecule has 1 atom stereocenters. The minimum Gasteiger partial charge on any atom is -0.381 e. The van der Waals surface area contributed by atoms with E-state index < -0.39 is 11.7 Å². The maximum Gasteiger partial charge on any atom is 0.416 e. The van der Waals surface area contributed by atoms with Gasteiger partial charge in [0.2, 0.25) is 0 Å². The Morgan fingerprint density at radius 2 is 1.82 bits per heavy atom. The highest BCUT2D eigenvalue weighted by molar-refractivity contribution is 14.0. The number of guanidine groups is 1. The van der Waals surface area contributed by atoms with E-state index in [4.69, 9.17) is 9.47 Å². The smallest absolute Gasteiger partial charge is 0.381 e. The van der Waals surface area contributed by atoms with Crippen molar-refractivity contribution in [1.29, 1.82) is 0 Å². The highest BCUT2D eigenvalue weighted by atomic mass is 127. The van der Waals surface area contributed by atoms with E-state index in [0.717, 1.165) is 49.3 Å². The molecule has 0 amide bonds. The van der Waals surface area contributed by atoms with E-state index in [9.17, 15) is 13.2 Å². The normalized spacial score (nSPS) is 16.1. The Bertz CT molecular complexity index is 903. The fourth-order valence-electron chi connectivity index (χ4n) is 3.54. The molecule has 9 heteroatoms. The van der Waals surface area contributed by atoms with Crippen LogP contribution in [0.25, 0.3) is 0 Å². The van der Waals surface area contributed by atoms with Gasteiger partial charge in [-0.2, -0.15) is 13.2 Å². The third-order valence-corrected chi connectivity index (χ3v) is 5.40. The summed E-state index contributed by atoms with van der Waals surface area (Å²) in [5.41, 5.74) is 2.03. The van der Waals surface area contributed by atoms with Crippen molar-refractivity contribution in [2.75, 3.05) is 20.3 Å². The van der Waals surface area contributed by atoms with E-state index in [1.165, 1.54) is 6.07 Å². The van der Waals surface area contributed by atoms with E-state index in [-0.39, 0.29) is 36.1 Å². The van der Waals surface area contributed by atoms with Crippen LogP contribution in [0.5, 0.6) is 0 Å². The summed E-state index contributed by atoms with van der Waals surface area (Å²) in [5.74, 6) is 0.513. The Morgan fingerprint density at radius 1 is 1.12 bits per heavy atom. The van der Waals surface area contributed by atoms with Crippen LogP contribution in [0, 0.1) is 0 Å². The summed E-state index contributed by atoms with van der Waals surface area (Å²) in [6.07, 6.45) is -2.28. The molecule has 1 fully saturated rings. The van der Waals surface area contributed by atoms with Gasteiger partial charge in [0, 0.05) is 26.8 Å². The van der Waals surface area contributed by atoms with Gasteiger partial charge in [0.15, 0.2) is 5.96 Å². The zero-order valence-corrected chi connectivity index (χ0v) is 21.2. The quantitative estimate of drug-likeness (QED) is 0.262. The van der Waals surface area contributed by atoms with Crippen molar-refractivity contribution >= 4 is 29.9 Å². The molecule has 0 aliphatic carbocycles. The molecule has 0 radical (unpaired) electrons. The number of ether oxygens (including phenoxy) is 2. The van der Waals surface area contributed by atoms with Crippen LogP contribution >= 0.6 is 24.0 Å². The molecule has 0 saturated carbocycles. The first-order valence-corrected chi connectivity index (χ1v) is 10.8. The summed E-state index contributed by atoms with van der Waals surface area (Å²) < 4.78 is 50.3. The van der Waals surface area contributed by atoms with Gasteiger partial charge < -0.3 is 20.1 Å². The van der Waals surface area contributed by atoms with E-state index in [0.29, 0.717) is 24.7 Å². The van der Waals surface area contributed by atoms with Crippen LogP contribution < -0.4 is 10.6 Å². The molecule has 0 aromatic heterocycles. The second kappa shape index (κ2) is 13.1. The van der Waals surface area contributed by atoms with E-state index in [1.807, 2.05) is 18.2 Å². The first-order valence-electron chi connectivity index (χ1n) is 10.8. The van der Waals surface area contributed by atoms with Crippen molar-refractivity contribution in [2.24, 2.45) is 4.99 Å². The summed E-state index contributed by atoms with van der Waals surface area (Å²) in [6.45, 7) is 4.38. The van der Waals surface area contributed by atoms with Crippen LogP contribution in [0.4, 0.5) is 13.2 Å². The Hall–Kier alpha value is -1.85. The number of halogens is 4. The predicted molar refractivity (Wildman–Crippen MR) is 134 cm³/mol. The molecule has 2 aromatic carbocycles. The summed E-state index contributed by atoms with van der Waals surface area (Å²) in [6, 6.07) is 13.1. The first-order chi connectivity index (χ1) is 15.3. The Morgan fingerprint density at radius 3 is 2.52 bits per heavy atom. The number of aliphatic imine (C=N–C) groups is 1. The fourth-order valence-corrected chi connectivity index (χ4v) is 3.54. The van der Waals surface area contributed by atoms with Crippen molar-refractivity contribution in [3.05, 3.63) is 70.8 Å². The van der Waals surface area contributed by atoms with Gasteiger partial charge >= 0.3 is 6.18 Å². The lowest BCUT2D eigenvalue weighted by molar-refractivity contribution is -0.137. The number of hydrogen-bond acceptors (Lipinski definition) is 3. The SMILES string of the molecule is CN=C(NCc1cccc(COC2CCOCC2)c1)NC(C)c1cccc(C(F)(F)F)c1.I. The fraction of sp³-hybridized carbons (Fsp3) is 0.458. The van der Waals surface area contributed by atoms with Crippen molar-refractivity contribution in [1.82, 2.24) is 10.6 Å². The van der Waals surface area contributed by atoms with Gasteiger partial charge in [0.1, 0.15) is 0 Å². The lowest BCUT2D eigenvalue weighted by Gasteiger charge is -2.22. The van der Waals surface area contributed by atoms with Crippen LogP contribution in [-0.4, -0.2) is 32.3 Å². The molecule has 182 valence electrons. The topological polar surface area (TPSA) is 54.9 Å². The largest absolute Gasteiger partial charge is 0.416 e. The summed E-state index contributed by atoms with van der Waals surface area (Å²) >= 11 is 0. The van der Waals surface area contributed by atoms with Gasteiger partial charge in [-0.1, -0.05) is 36.4 Å². The first kappa shape index (κ1) is 27.4. The van der Waals surface area contributed by atoms with Crippen molar-refractivity contribution < 1.29 is 22.6 Å². The Labute approximate surface area is 210 Å². The molecule has 5 nitrogen and oxygen atoms in total. The molecule has 33 heavy (non-hydrogen) atoms. The maximum atomic E-state index is 13.0. The van der Waals surface area contributed by atoms with Gasteiger partial charge in [-0.3, -0.25) is 4.99 Å². The van der Waals surface area contributed by atoms with Crippen molar-refractivity contribution in [2.45, 2.75) is 51.2 Å². The standard InChI is InChI=1S/C24H30F3N3O2.HI/c1-17(20-7-4-8-21(14-20)24(25,26)27)30-23(28-2)29-15-18-5-3-6-19(13-18)16-32-22-9-11-31-12-10-22;/h3-8,13-14,17,22H,9-12,15-16H2,1-2H3,(H2,28,29,30);1H. The van der Waals surface area contributed by atoms with Crippen LogP contribution in [0.3, 0.4) is 0 Å². The third-order valence-electron chi connectivity index (χ3n) is 5.40. The number of nitrogens with zero attached hydrogens (tertiary/aromatic N) is 1. The van der Waals surface area contributed by atoms with E-state index in [2.05, 4.69) is 21.7 Å². The number of rotatable bonds is 7. The molecule has 1 aliphatic rings. The predicted octanol–water partition coefficient (Wildman–Crippen LogP) is 5.45. The molecular weight excluding hydrogens is 546 g/mol. The number of benzene rings is 2. The maximum absolute atomic E-state index is 13.0. The highest BCUT2D eigenvalue weighted by Gasteiger charge is 2.30. The zero-order valence-electron chi connectivity index (χ0n) is 18.8. The van der Waals surface area contributed by atoms with Crippen LogP contribution in [0.1, 0.15) is 48.1 Å². The summed E-state index contributed by atoms with van der Waals surface area (Å²) in [4.78, 5) is 4.20. The molecule has 2 aromatic rings.